The van der Waals surface area contributed by atoms with Crippen LogP contribution in [-0.2, 0) is 17.3 Å². The molecule has 0 saturated heterocycles. The Morgan fingerprint density at radius 1 is 1.11 bits per heavy atom. The highest BCUT2D eigenvalue weighted by molar-refractivity contribution is 7.84. The minimum Gasteiger partial charge on any atom is -0.309 e. The Labute approximate surface area is 168 Å². The molecule has 3 aromatic rings. The molecule has 0 radical (unpaired) electrons. The standard InChI is InChI=1S/C21H26N4O2S/c1-4-24(5-2)14-15-25-19-9-7-6-8-18(19)22-21(25)23-20(26)16-10-12-17(13-11-16)28(3)27/h6-13H,4-5,14-15H2,1-3H3,(H,22,23,26). The van der Waals surface area contributed by atoms with Gasteiger partial charge in [-0.2, -0.15) is 0 Å². The Morgan fingerprint density at radius 2 is 1.79 bits per heavy atom. The fraction of sp³-hybridized carbons (Fsp3) is 0.333. The van der Waals surface area contributed by atoms with E-state index in [0.717, 1.165) is 37.2 Å². The molecular formula is C21H26N4O2S. The Hall–Kier alpha value is -2.51. The van der Waals surface area contributed by atoms with Crippen LogP contribution in [-0.4, -0.2) is 50.5 Å². The lowest BCUT2D eigenvalue weighted by atomic mass is 10.2. The molecule has 1 N–H and O–H groups in total. The number of hydrogen-bond acceptors (Lipinski definition) is 4. The second-order valence-electron chi connectivity index (χ2n) is 6.54. The van der Waals surface area contributed by atoms with E-state index in [1.165, 1.54) is 0 Å². The molecule has 0 bridgehead atoms. The van der Waals surface area contributed by atoms with Gasteiger partial charge in [-0.05, 0) is 49.5 Å². The lowest BCUT2D eigenvalue weighted by Crippen LogP contribution is -2.27. The number of nitrogens with zero attached hydrogens (tertiary/aromatic N) is 3. The molecule has 0 aliphatic carbocycles. The van der Waals surface area contributed by atoms with Crippen LogP contribution in [0.5, 0.6) is 0 Å². The molecule has 148 valence electrons. The van der Waals surface area contributed by atoms with Crippen molar-refractivity contribution in [1.82, 2.24) is 14.5 Å². The molecule has 0 spiro atoms. The van der Waals surface area contributed by atoms with Crippen LogP contribution >= 0.6 is 0 Å². The van der Waals surface area contributed by atoms with E-state index < -0.39 is 10.8 Å². The van der Waals surface area contributed by atoms with Crippen LogP contribution in [0.2, 0.25) is 0 Å². The van der Waals surface area contributed by atoms with Crippen molar-refractivity contribution in [2.45, 2.75) is 25.3 Å². The summed E-state index contributed by atoms with van der Waals surface area (Å²) in [5.41, 5.74) is 2.37. The molecular weight excluding hydrogens is 372 g/mol. The van der Waals surface area contributed by atoms with Gasteiger partial charge in [0.25, 0.3) is 5.91 Å². The van der Waals surface area contributed by atoms with Gasteiger partial charge in [0.1, 0.15) is 0 Å². The molecule has 1 amide bonds. The first-order valence-corrected chi connectivity index (χ1v) is 11.0. The van der Waals surface area contributed by atoms with Crippen LogP contribution in [0.15, 0.2) is 53.4 Å². The van der Waals surface area contributed by atoms with Gasteiger partial charge < -0.3 is 9.47 Å². The first kappa shape index (κ1) is 20.2. The average Bonchev–Trinajstić information content (AvgIpc) is 3.06. The number of carbonyl (C=O) groups is 1. The number of fused-ring (bicyclic) bond motifs is 1. The van der Waals surface area contributed by atoms with Crippen LogP contribution in [0.25, 0.3) is 11.0 Å². The van der Waals surface area contributed by atoms with Gasteiger partial charge in [-0.1, -0.05) is 26.0 Å². The van der Waals surface area contributed by atoms with E-state index in [1.807, 2.05) is 24.3 Å². The van der Waals surface area contributed by atoms with Crippen LogP contribution in [0.3, 0.4) is 0 Å². The SMILES string of the molecule is CCN(CC)CCn1c(NC(=O)c2ccc(S(C)=O)cc2)nc2ccccc21. The van der Waals surface area contributed by atoms with Gasteiger partial charge in [0.15, 0.2) is 0 Å². The molecule has 0 saturated carbocycles. The maximum Gasteiger partial charge on any atom is 0.257 e. The number of aromatic nitrogens is 2. The molecule has 1 atom stereocenters. The summed E-state index contributed by atoms with van der Waals surface area (Å²) >= 11 is 0. The molecule has 2 aromatic carbocycles. The van der Waals surface area contributed by atoms with Crippen LogP contribution in [0, 0.1) is 0 Å². The van der Waals surface area contributed by atoms with E-state index in [-0.39, 0.29) is 5.91 Å². The molecule has 0 aliphatic heterocycles. The quantitative estimate of drug-likeness (QED) is 0.632. The number of nitrogens with one attached hydrogen (secondary N) is 1. The summed E-state index contributed by atoms with van der Waals surface area (Å²) in [6, 6.07) is 14.7. The molecule has 0 fully saturated rings. The summed E-state index contributed by atoms with van der Waals surface area (Å²) in [7, 11) is -1.06. The number of para-hydroxylation sites is 2. The topological polar surface area (TPSA) is 67.2 Å². The minimum atomic E-state index is -1.06. The van der Waals surface area contributed by atoms with Crippen molar-refractivity contribution in [3.05, 3.63) is 54.1 Å². The van der Waals surface area contributed by atoms with E-state index in [2.05, 4.69) is 33.6 Å². The van der Waals surface area contributed by atoms with Crippen molar-refractivity contribution >= 4 is 33.7 Å². The zero-order valence-corrected chi connectivity index (χ0v) is 17.3. The van der Waals surface area contributed by atoms with E-state index >= 15 is 0 Å². The highest BCUT2D eigenvalue weighted by Crippen LogP contribution is 2.20. The number of rotatable bonds is 8. The van der Waals surface area contributed by atoms with Crippen molar-refractivity contribution in [2.75, 3.05) is 31.2 Å². The van der Waals surface area contributed by atoms with Gasteiger partial charge in [-0.25, -0.2) is 4.98 Å². The smallest absolute Gasteiger partial charge is 0.257 e. The second-order valence-corrected chi connectivity index (χ2v) is 7.91. The third kappa shape index (κ3) is 4.48. The van der Waals surface area contributed by atoms with Crippen LogP contribution in [0.1, 0.15) is 24.2 Å². The predicted molar refractivity (Wildman–Crippen MR) is 114 cm³/mol. The number of carbonyl (C=O) groups excluding carboxylic acids is 1. The summed E-state index contributed by atoms with van der Waals surface area (Å²) < 4.78 is 13.6. The van der Waals surface area contributed by atoms with E-state index in [9.17, 15) is 9.00 Å². The minimum absolute atomic E-state index is 0.229. The number of amides is 1. The van der Waals surface area contributed by atoms with Gasteiger partial charge >= 0.3 is 0 Å². The van der Waals surface area contributed by atoms with Crippen molar-refractivity contribution in [1.29, 1.82) is 0 Å². The summed E-state index contributed by atoms with van der Waals surface area (Å²) in [5, 5.41) is 2.94. The summed E-state index contributed by atoms with van der Waals surface area (Å²) in [5.74, 6) is 0.314. The zero-order valence-electron chi connectivity index (χ0n) is 16.5. The van der Waals surface area contributed by atoms with Gasteiger partial charge in [0, 0.05) is 40.6 Å². The Kier molecular flexibility index (Phi) is 6.59. The van der Waals surface area contributed by atoms with Gasteiger partial charge in [0.2, 0.25) is 5.95 Å². The van der Waals surface area contributed by atoms with Crippen molar-refractivity contribution in [2.24, 2.45) is 0 Å². The first-order chi connectivity index (χ1) is 13.5. The van der Waals surface area contributed by atoms with Gasteiger partial charge in [-0.15, -0.1) is 0 Å². The lowest BCUT2D eigenvalue weighted by molar-refractivity contribution is 0.102. The number of imidazole rings is 1. The Morgan fingerprint density at radius 3 is 2.43 bits per heavy atom. The number of likely N-dealkylation sites (N-methyl/N-ethyl adjacent to an activating group) is 1. The molecule has 0 aliphatic rings. The first-order valence-electron chi connectivity index (χ1n) is 9.46. The number of anilines is 1. The lowest BCUT2D eigenvalue weighted by Gasteiger charge is -2.19. The molecule has 28 heavy (non-hydrogen) atoms. The van der Waals surface area contributed by atoms with Crippen molar-refractivity contribution in [3.63, 3.8) is 0 Å². The third-order valence-corrected chi connectivity index (χ3v) is 5.80. The summed E-state index contributed by atoms with van der Waals surface area (Å²) in [6.45, 7) is 7.88. The molecule has 7 heteroatoms. The third-order valence-electron chi connectivity index (χ3n) is 4.86. The second kappa shape index (κ2) is 9.12. The van der Waals surface area contributed by atoms with E-state index in [0.29, 0.717) is 16.4 Å². The average molecular weight is 399 g/mol. The van der Waals surface area contributed by atoms with Crippen LogP contribution in [0.4, 0.5) is 5.95 Å². The van der Waals surface area contributed by atoms with E-state index in [4.69, 9.17) is 0 Å². The maximum absolute atomic E-state index is 12.7. The molecule has 1 unspecified atom stereocenters. The van der Waals surface area contributed by atoms with Crippen LogP contribution < -0.4 is 5.32 Å². The largest absolute Gasteiger partial charge is 0.309 e. The van der Waals surface area contributed by atoms with Gasteiger partial charge in [-0.3, -0.25) is 14.3 Å². The molecule has 1 aromatic heterocycles. The Balaban J connectivity index is 1.86. The number of benzene rings is 2. The molecule has 1 heterocycles. The molecule has 6 nitrogen and oxygen atoms in total. The Bertz CT molecular complexity index is 978. The predicted octanol–water partition coefficient (Wildman–Crippen LogP) is 3.37. The van der Waals surface area contributed by atoms with Crippen molar-refractivity contribution in [3.8, 4) is 0 Å². The number of hydrogen-bond donors (Lipinski definition) is 1. The van der Waals surface area contributed by atoms with Gasteiger partial charge in [0.05, 0.1) is 11.0 Å². The summed E-state index contributed by atoms with van der Waals surface area (Å²) in [6.07, 6.45) is 1.62. The highest BCUT2D eigenvalue weighted by Gasteiger charge is 2.15. The summed E-state index contributed by atoms with van der Waals surface area (Å²) in [4.78, 5) is 20.4. The van der Waals surface area contributed by atoms with E-state index in [1.54, 1.807) is 30.5 Å². The monoisotopic (exact) mass is 398 g/mol. The van der Waals surface area contributed by atoms with Crippen molar-refractivity contribution < 1.29 is 9.00 Å². The molecule has 3 rings (SSSR count). The normalized spacial score (nSPS) is 12.4. The fourth-order valence-electron chi connectivity index (χ4n) is 3.15. The fourth-order valence-corrected chi connectivity index (χ4v) is 3.67. The zero-order chi connectivity index (χ0) is 20.1. The highest BCUT2D eigenvalue weighted by atomic mass is 32.2. The maximum atomic E-state index is 12.7.